The lowest BCUT2D eigenvalue weighted by Crippen LogP contribution is -2.49. The number of Topliss-reactive ketones (excluding diaryl/α,β-unsaturated/α-hetero) is 1. The number of anilines is 1. The lowest BCUT2D eigenvalue weighted by molar-refractivity contribution is 0.0784. The van der Waals surface area contributed by atoms with Crippen LogP contribution in [-0.4, -0.2) is 70.1 Å². The highest BCUT2D eigenvalue weighted by Gasteiger charge is 2.28. The van der Waals surface area contributed by atoms with E-state index in [1.165, 1.54) is 0 Å². The van der Waals surface area contributed by atoms with Crippen molar-refractivity contribution in [2.75, 3.05) is 36.8 Å². The molecule has 9 nitrogen and oxygen atoms in total. The van der Waals surface area contributed by atoms with Gasteiger partial charge in [0.15, 0.2) is 11.4 Å². The normalized spacial score (nSPS) is 15.6. The van der Waals surface area contributed by atoms with E-state index in [4.69, 9.17) is 0 Å². The Balaban J connectivity index is 1.57. The van der Waals surface area contributed by atoms with Crippen molar-refractivity contribution in [1.29, 1.82) is 0 Å². The van der Waals surface area contributed by atoms with Crippen molar-refractivity contribution in [1.82, 2.24) is 18.9 Å². The van der Waals surface area contributed by atoms with E-state index in [2.05, 4.69) is 15.0 Å². The lowest BCUT2D eigenvalue weighted by atomic mass is 9.96. The summed E-state index contributed by atoms with van der Waals surface area (Å²) in [5, 5.41) is 14.7. The number of ketones is 1. The molecule has 0 unspecified atom stereocenters. The molecule has 0 aliphatic carbocycles. The number of hydrogen-bond donors (Lipinski definition) is 1. The third-order valence-corrected chi connectivity index (χ3v) is 8.33. The highest BCUT2D eigenvalue weighted by Crippen LogP contribution is 2.23. The second-order valence-corrected chi connectivity index (χ2v) is 11.7. The highest BCUT2D eigenvalue weighted by molar-refractivity contribution is 7.89. The summed E-state index contributed by atoms with van der Waals surface area (Å²) in [5.41, 5.74) is 2.43. The van der Waals surface area contributed by atoms with Crippen LogP contribution in [0.4, 0.5) is 5.82 Å². The molecule has 0 amide bonds. The van der Waals surface area contributed by atoms with Gasteiger partial charge in [0.25, 0.3) is 0 Å². The maximum Gasteiger partial charge on any atom is 0.214 e. The lowest BCUT2D eigenvalue weighted by Gasteiger charge is -2.35. The Morgan fingerprint density at radius 3 is 2.34 bits per heavy atom. The van der Waals surface area contributed by atoms with Gasteiger partial charge in [-0.15, -0.1) is 0 Å². The first kappa shape index (κ1) is 25.3. The fraction of sp³-hybridized carbons (Fsp3) is 0.480. The Hall–Kier alpha value is -2.82. The summed E-state index contributed by atoms with van der Waals surface area (Å²) in [6.07, 6.45) is 0.721. The molecular weight excluding hydrogens is 466 g/mol. The van der Waals surface area contributed by atoms with Crippen LogP contribution in [0.1, 0.15) is 54.5 Å². The summed E-state index contributed by atoms with van der Waals surface area (Å²) in [6, 6.07) is 10.7. The molecule has 0 radical (unpaired) electrons. The molecule has 1 aromatic carbocycles. The number of hydrogen-bond acceptors (Lipinski definition) is 7. The van der Waals surface area contributed by atoms with E-state index in [-0.39, 0.29) is 18.0 Å². The molecule has 0 atom stereocenters. The topological polar surface area (TPSA) is 108 Å². The zero-order valence-electron chi connectivity index (χ0n) is 20.7. The number of aliphatic hydroxyl groups is 1. The second kappa shape index (κ2) is 9.67. The van der Waals surface area contributed by atoms with Gasteiger partial charge in [-0.3, -0.25) is 4.79 Å². The van der Waals surface area contributed by atoms with Gasteiger partial charge in [-0.25, -0.2) is 13.4 Å². The first-order valence-electron chi connectivity index (χ1n) is 11.9. The molecule has 1 N–H and O–H groups in total. The molecule has 2 aromatic heterocycles. The van der Waals surface area contributed by atoms with Crippen LogP contribution in [0.25, 0.3) is 5.65 Å². The predicted molar refractivity (Wildman–Crippen MR) is 135 cm³/mol. The van der Waals surface area contributed by atoms with Crippen LogP contribution in [0.3, 0.4) is 0 Å². The zero-order valence-corrected chi connectivity index (χ0v) is 21.5. The second-order valence-electron chi connectivity index (χ2n) is 9.60. The number of aromatic nitrogens is 3. The fourth-order valence-electron chi connectivity index (χ4n) is 4.35. The predicted octanol–water partition coefficient (Wildman–Crippen LogP) is 2.55. The van der Waals surface area contributed by atoms with Crippen molar-refractivity contribution in [3.63, 3.8) is 0 Å². The number of carbonyl (C=O) groups is 1. The van der Waals surface area contributed by atoms with Crippen molar-refractivity contribution in [2.24, 2.45) is 0 Å². The van der Waals surface area contributed by atoms with Gasteiger partial charge in [-0.05, 0) is 32.8 Å². The summed E-state index contributed by atoms with van der Waals surface area (Å²) < 4.78 is 28.2. The van der Waals surface area contributed by atoms with Gasteiger partial charge in [-0.2, -0.15) is 13.9 Å². The van der Waals surface area contributed by atoms with Crippen molar-refractivity contribution >= 4 is 27.3 Å². The average molecular weight is 500 g/mol. The number of benzene rings is 1. The Morgan fingerprint density at radius 1 is 1.09 bits per heavy atom. The molecule has 0 saturated carbocycles. The Morgan fingerprint density at radius 2 is 1.74 bits per heavy atom. The molecule has 4 rings (SSSR count). The number of piperazine rings is 1. The fourth-order valence-corrected chi connectivity index (χ4v) is 5.85. The first-order chi connectivity index (χ1) is 16.5. The molecule has 1 aliphatic rings. The molecular formula is C25H33N5O4S. The summed E-state index contributed by atoms with van der Waals surface area (Å²) in [6.45, 7) is 9.06. The third-order valence-electron chi connectivity index (χ3n) is 6.26. The maximum absolute atomic E-state index is 13.0. The van der Waals surface area contributed by atoms with Gasteiger partial charge < -0.3 is 10.0 Å². The number of sulfonamides is 1. The molecule has 188 valence electrons. The van der Waals surface area contributed by atoms with Gasteiger partial charge in [-0.1, -0.05) is 31.2 Å². The van der Waals surface area contributed by atoms with Crippen LogP contribution in [0, 0.1) is 6.92 Å². The SMILES string of the molecule is CCCS(=O)(=O)N1CCN(c2cc(CC(=O)c3ccc(C(C)(C)O)cc3)nc3cc(C)nn23)CC1. The Bertz CT molecular complexity index is 1320. The summed E-state index contributed by atoms with van der Waals surface area (Å²) in [4.78, 5) is 19.8. The van der Waals surface area contributed by atoms with E-state index in [1.807, 2.05) is 26.0 Å². The van der Waals surface area contributed by atoms with E-state index in [0.29, 0.717) is 49.5 Å². The molecule has 3 heterocycles. The zero-order chi connectivity index (χ0) is 25.4. The van der Waals surface area contributed by atoms with Crippen LogP contribution in [0.5, 0.6) is 0 Å². The van der Waals surface area contributed by atoms with Gasteiger partial charge >= 0.3 is 0 Å². The molecule has 0 bridgehead atoms. The van der Waals surface area contributed by atoms with E-state index in [0.717, 1.165) is 17.1 Å². The third kappa shape index (κ3) is 5.55. The molecule has 1 aliphatic heterocycles. The quantitative estimate of drug-likeness (QED) is 0.475. The number of aryl methyl sites for hydroxylation is 1. The van der Waals surface area contributed by atoms with Crippen LogP contribution in [0.2, 0.25) is 0 Å². The standard InChI is InChI=1S/C25H33N5O4S/c1-5-14-35(33,34)29-12-10-28(11-13-29)24-17-21(26-23-15-18(2)27-30(23)24)16-22(31)19-6-8-20(9-7-19)25(3,4)32/h6-9,15,17,32H,5,10-14,16H2,1-4H3. The van der Waals surface area contributed by atoms with Crippen molar-refractivity contribution < 1.29 is 18.3 Å². The van der Waals surface area contributed by atoms with Crippen molar-refractivity contribution in [2.45, 2.75) is 46.1 Å². The average Bonchev–Trinajstić information content (AvgIpc) is 3.18. The largest absolute Gasteiger partial charge is 0.386 e. The first-order valence-corrected chi connectivity index (χ1v) is 13.5. The van der Waals surface area contributed by atoms with Gasteiger partial charge in [0.05, 0.1) is 29.2 Å². The monoisotopic (exact) mass is 499 g/mol. The number of carbonyl (C=O) groups excluding carboxylic acids is 1. The summed E-state index contributed by atoms with van der Waals surface area (Å²) in [5.74, 6) is 0.895. The summed E-state index contributed by atoms with van der Waals surface area (Å²) >= 11 is 0. The van der Waals surface area contributed by atoms with Crippen LogP contribution in [-0.2, 0) is 22.0 Å². The molecule has 1 fully saturated rings. The van der Waals surface area contributed by atoms with Crippen LogP contribution < -0.4 is 4.90 Å². The Labute approximate surface area is 206 Å². The minimum Gasteiger partial charge on any atom is -0.386 e. The minimum atomic E-state index is -3.23. The minimum absolute atomic E-state index is 0.0678. The number of fused-ring (bicyclic) bond motifs is 1. The van der Waals surface area contributed by atoms with E-state index < -0.39 is 15.6 Å². The molecule has 35 heavy (non-hydrogen) atoms. The molecule has 3 aromatic rings. The smallest absolute Gasteiger partial charge is 0.214 e. The maximum atomic E-state index is 13.0. The number of rotatable bonds is 8. The number of nitrogens with zero attached hydrogens (tertiary/aromatic N) is 5. The summed E-state index contributed by atoms with van der Waals surface area (Å²) in [7, 11) is -3.23. The molecule has 10 heteroatoms. The van der Waals surface area contributed by atoms with Crippen molar-refractivity contribution in [3.05, 3.63) is 58.9 Å². The Kier molecular flexibility index (Phi) is 6.99. The van der Waals surface area contributed by atoms with Crippen molar-refractivity contribution in [3.8, 4) is 0 Å². The van der Waals surface area contributed by atoms with E-state index in [9.17, 15) is 18.3 Å². The highest BCUT2D eigenvalue weighted by atomic mass is 32.2. The van der Waals surface area contributed by atoms with Crippen LogP contribution >= 0.6 is 0 Å². The van der Waals surface area contributed by atoms with Gasteiger partial charge in [0, 0.05) is 43.9 Å². The van der Waals surface area contributed by atoms with Gasteiger partial charge in [0.1, 0.15) is 5.82 Å². The van der Waals surface area contributed by atoms with E-state index >= 15 is 0 Å². The van der Waals surface area contributed by atoms with Crippen LogP contribution in [0.15, 0.2) is 36.4 Å². The molecule has 0 spiro atoms. The molecule has 1 saturated heterocycles. The van der Waals surface area contributed by atoms with E-state index in [1.54, 1.807) is 46.9 Å². The van der Waals surface area contributed by atoms with Gasteiger partial charge in [0.2, 0.25) is 10.0 Å².